The standard InChI is InChI=1S/C29H28AsN/c1-22-5-13-26(14-6-22)30(21-31,27-15-7-23(2)8-16-27,28-17-9-24(3)10-18-28)29-19-11-25(4)12-20-29/h5-20H,1-4H3. The molecule has 31 heavy (non-hydrogen) atoms. The third kappa shape index (κ3) is 3.15. The predicted octanol–water partition coefficient (Wildman–Crippen LogP) is 4.31. The Morgan fingerprint density at radius 2 is 0.613 bits per heavy atom. The van der Waals surface area contributed by atoms with Gasteiger partial charge in [-0.1, -0.05) is 0 Å². The van der Waals surface area contributed by atoms with Gasteiger partial charge in [0.1, 0.15) is 0 Å². The van der Waals surface area contributed by atoms with Crippen LogP contribution in [0.25, 0.3) is 0 Å². The van der Waals surface area contributed by atoms with Crippen LogP contribution in [0.3, 0.4) is 0 Å². The summed E-state index contributed by atoms with van der Waals surface area (Å²) >= 11 is -4.42. The van der Waals surface area contributed by atoms with Gasteiger partial charge < -0.3 is 0 Å². The zero-order valence-corrected chi connectivity index (χ0v) is 20.5. The Hall–Kier alpha value is -3.07. The van der Waals surface area contributed by atoms with Gasteiger partial charge in [-0.05, 0) is 0 Å². The summed E-state index contributed by atoms with van der Waals surface area (Å²) in [5.41, 5.74) is 4.79. The Morgan fingerprint density at radius 3 is 0.774 bits per heavy atom. The van der Waals surface area contributed by atoms with E-state index in [9.17, 15) is 5.26 Å². The second-order valence-electron chi connectivity index (χ2n) is 8.56. The minimum absolute atomic E-state index is 1.13. The van der Waals surface area contributed by atoms with Crippen LogP contribution in [-0.4, -0.2) is 12.5 Å². The van der Waals surface area contributed by atoms with Crippen molar-refractivity contribution in [2.75, 3.05) is 0 Å². The van der Waals surface area contributed by atoms with Crippen LogP contribution in [0, 0.1) is 37.8 Å². The maximum absolute atomic E-state index is 11.3. The molecule has 0 N–H and O–H groups in total. The van der Waals surface area contributed by atoms with Gasteiger partial charge in [0.25, 0.3) is 0 Å². The number of hydrogen-bond donors (Lipinski definition) is 0. The molecule has 2 heteroatoms. The van der Waals surface area contributed by atoms with E-state index >= 15 is 0 Å². The Labute approximate surface area is 186 Å². The number of hydrogen-bond acceptors (Lipinski definition) is 1. The van der Waals surface area contributed by atoms with Gasteiger partial charge in [0.05, 0.1) is 0 Å². The van der Waals surface area contributed by atoms with Gasteiger partial charge in [-0.2, -0.15) is 0 Å². The van der Waals surface area contributed by atoms with Gasteiger partial charge in [0.2, 0.25) is 0 Å². The van der Waals surface area contributed by atoms with Gasteiger partial charge in [-0.25, -0.2) is 0 Å². The molecule has 4 rings (SSSR count). The van der Waals surface area contributed by atoms with Crippen molar-refractivity contribution < 1.29 is 0 Å². The first-order chi connectivity index (χ1) is 14.9. The number of nitriles is 1. The summed E-state index contributed by atoms with van der Waals surface area (Å²) in [7, 11) is 0. The van der Waals surface area contributed by atoms with E-state index in [-0.39, 0.29) is 0 Å². The van der Waals surface area contributed by atoms with Crippen molar-refractivity contribution in [3.8, 4) is 4.86 Å². The molecule has 4 aromatic rings. The summed E-state index contributed by atoms with van der Waals surface area (Å²) in [4.78, 5) is 3.05. The predicted molar refractivity (Wildman–Crippen MR) is 135 cm³/mol. The summed E-state index contributed by atoms with van der Waals surface area (Å²) in [5, 5.41) is 11.3. The van der Waals surface area contributed by atoms with E-state index < -0.39 is 12.5 Å². The maximum atomic E-state index is 11.3. The molecule has 154 valence electrons. The monoisotopic (exact) mass is 465 g/mol. The molecular formula is C29H28AsN. The van der Waals surface area contributed by atoms with Crippen LogP contribution in [0.1, 0.15) is 22.3 Å². The molecule has 0 aliphatic heterocycles. The van der Waals surface area contributed by atoms with Crippen LogP contribution in [0.2, 0.25) is 0 Å². The van der Waals surface area contributed by atoms with Crippen LogP contribution < -0.4 is 17.4 Å². The van der Waals surface area contributed by atoms with E-state index in [2.05, 4.69) is 130 Å². The van der Waals surface area contributed by atoms with E-state index in [4.69, 9.17) is 0 Å². The first kappa shape index (κ1) is 21.2. The molecule has 0 heterocycles. The van der Waals surface area contributed by atoms with Crippen molar-refractivity contribution in [3.05, 3.63) is 119 Å². The average molecular weight is 465 g/mol. The normalized spacial score (nSPS) is 12.5. The van der Waals surface area contributed by atoms with Crippen molar-refractivity contribution in [3.63, 3.8) is 0 Å². The van der Waals surface area contributed by atoms with Crippen molar-refractivity contribution in [1.82, 2.24) is 0 Å². The third-order valence-electron chi connectivity index (χ3n) is 6.40. The summed E-state index contributed by atoms with van der Waals surface area (Å²) in [6, 6.07) is 34.6. The van der Waals surface area contributed by atoms with Crippen molar-refractivity contribution in [1.29, 1.82) is 5.26 Å². The molecule has 0 aromatic heterocycles. The molecule has 0 bridgehead atoms. The number of nitrogens with zero attached hydrogens (tertiary/aromatic N) is 1. The zero-order chi connectivity index (χ0) is 22.1. The number of aryl methyl sites for hydroxylation is 4. The number of benzene rings is 4. The van der Waals surface area contributed by atoms with E-state index in [0.29, 0.717) is 0 Å². The van der Waals surface area contributed by atoms with Crippen LogP contribution in [0.5, 0.6) is 0 Å². The molecule has 0 amide bonds. The van der Waals surface area contributed by atoms with Gasteiger partial charge in [-0.3, -0.25) is 0 Å². The average Bonchev–Trinajstić information content (AvgIpc) is 2.79. The van der Waals surface area contributed by atoms with Crippen LogP contribution in [0.15, 0.2) is 97.1 Å². The number of rotatable bonds is 4. The van der Waals surface area contributed by atoms with Gasteiger partial charge in [0.15, 0.2) is 0 Å². The molecular weight excluding hydrogens is 437 g/mol. The molecule has 0 radical (unpaired) electrons. The minimum atomic E-state index is -4.42. The zero-order valence-electron chi connectivity index (χ0n) is 18.6. The van der Waals surface area contributed by atoms with E-state index in [1.807, 2.05) is 0 Å². The van der Waals surface area contributed by atoms with Crippen molar-refractivity contribution in [2.24, 2.45) is 0 Å². The summed E-state index contributed by atoms with van der Waals surface area (Å²) < 4.78 is 4.51. The Bertz CT molecular complexity index is 1050. The molecule has 0 atom stereocenters. The molecule has 0 fully saturated rings. The van der Waals surface area contributed by atoms with Crippen LogP contribution in [0.4, 0.5) is 0 Å². The molecule has 0 aliphatic carbocycles. The summed E-state index contributed by atoms with van der Waals surface area (Å²) in [6.07, 6.45) is 0. The molecule has 0 saturated carbocycles. The van der Waals surface area contributed by atoms with E-state index in [0.717, 1.165) is 17.4 Å². The quantitative estimate of drug-likeness (QED) is 0.412. The second kappa shape index (κ2) is 7.88. The van der Waals surface area contributed by atoms with Gasteiger partial charge in [-0.15, -0.1) is 0 Å². The molecule has 0 spiro atoms. The van der Waals surface area contributed by atoms with Crippen LogP contribution >= 0.6 is 0 Å². The SMILES string of the molecule is Cc1ccc([As](C#N)(c2ccc(C)cc2)(c2ccc(C)cc2)c2ccc(C)cc2)cc1. The molecule has 0 unspecified atom stereocenters. The molecule has 0 saturated heterocycles. The van der Waals surface area contributed by atoms with E-state index in [1.54, 1.807) is 0 Å². The molecule has 4 aromatic carbocycles. The van der Waals surface area contributed by atoms with Crippen molar-refractivity contribution in [2.45, 2.75) is 27.7 Å². The fraction of sp³-hybridized carbons (Fsp3) is 0.138. The third-order valence-corrected chi connectivity index (χ3v) is 18.4. The van der Waals surface area contributed by atoms with Gasteiger partial charge >= 0.3 is 187 Å². The Morgan fingerprint density at radius 1 is 0.419 bits per heavy atom. The summed E-state index contributed by atoms with van der Waals surface area (Å²) in [6.45, 7) is 8.39. The van der Waals surface area contributed by atoms with Gasteiger partial charge in [0, 0.05) is 0 Å². The fourth-order valence-corrected chi connectivity index (χ4v) is 15.5. The summed E-state index contributed by atoms with van der Waals surface area (Å²) in [5.74, 6) is 0. The van der Waals surface area contributed by atoms with E-state index in [1.165, 1.54) is 22.3 Å². The Balaban J connectivity index is 2.27. The second-order valence-corrected chi connectivity index (χ2v) is 18.0. The first-order valence-electron chi connectivity index (χ1n) is 10.6. The van der Waals surface area contributed by atoms with Crippen LogP contribution in [-0.2, 0) is 0 Å². The molecule has 0 aliphatic rings. The fourth-order valence-electron chi connectivity index (χ4n) is 4.50. The topological polar surface area (TPSA) is 23.8 Å². The first-order valence-corrected chi connectivity index (χ1v) is 15.3. The van der Waals surface area contributed by atoms with Crippen molar-refractivity contribution >= 4 is 29.9 Å². The Kier molecular flexibility index (Phi) is 5.38. The molecule has 1 nitrogen and oxygen atoms in total.